The van der Waals surface area contributed by atoms with Gasteiger partial charge in [-0.1, -0.05) is 333 Å². The molecule has 21 aromatic rings. The van der Waals surface area contributed by atoms with Crippen molar-refractivity contribution in [3.05, 3.63) is 417 Å². The number of anilines is 6. The second-order valence-electron chi connectivity index (χ2n) is 34.5. The topological polar surface area (TPSA) is 29.5 Å². The van der Waals surface area contributed by atoms with Gasteiger partial charge in [0.2, 0.25) is 0 Å². The molecule has 122 heavy (non-hydrogen) atoms. The third-order valence-corrected chi connectivity index (χ3v) is 25.3. The Balaban J connectivity index is 0.906. The smallest absolute Gasteiger partial charge is 0.252 e. The van der Waals surface area contributed by atoms with Crippen molar-refractivity contribution < 1.29 is 15.4 Å². The molecular weight excluding hydrogens is 1480 g/mol. The summed E-state index contributed by atoms with van der Waals surface area (Å²) in [6, 6.07) is 126. The number of fused-ring (bicyclic) bond motifs is 13. The summed E-state index contributed by atoms with van der Waals surface area (Å²) in [5.74, 6) is 0. The second kappa shape index (κ2) is 28.4. The maximum atomic E-state index is 10.1. The van der Waals surface area contributed by atoms with Gasteiger partial charge in [-0.25, -0.2) is 0 Å². The van der Waals surface area contributed by atoms with Crippen molar-refractivity contribution in [1.82, 2.24) is 9.13 Å². The van der Waals surface area contributed by atoms with Gasteiger partial charge in [0.15, 0.2) is 0 Å². The molecule has 0 radical (unpaired) electrons. The van der Waals surface area contributed by atoms with Crippen molar-refractivity contribution in [1.29, 1.82) is 0 Å². The van der Waals surface area contributed by atoms with E-state index < -0.39 is 43.0 Å². The van der Waals surface area contributed by atoms with Gasteiger partial charge in [-0.15, -0.1) is 0 Å². The van der Waals surface area contributed by atoms with Gasteiger partial charge < -0.3 is 23.4 Å². The lowest BCUT2D eigenvalue weighted by atomic mass is 9.33. The van der Waals surface area contributed by atoms with E-state index in [1.807, 2.05) is 18.2 Å². The zero-order valence-corrected chi connectivity index (χ0v) is 68.3. The van der Waals surface area contributed by atoms with Gasteiger partial charge in [0, 0.05) is 88.7 Å². The number of aromatic nitrogens is 2. The summed E-state index contributed by atoms with van der Waals surface area (Å²) in [5.41, 5.74) is 31.1. The summed E-state index contributed by atoms with van der Waals surface area (Å²) in [7, 11) is 0. The Morgan fingerprint density at radius 1 is 0.254 bits per heavy atom. The molecule has 0 unspecified atom stereocenters. The van der Waals surface area contributed by atoms with Crippen LogP contribution < -0.4 is 26.2 Å². The molecular formula is C116H85BN4O. The van der Waals surface area contributed by atoms with Crippen LogP contribution in [0.4, 0.5) is 34.1 Å². The van der Waals surface area contributed by atoms with E-state index in [0.717, 1.165) is 183 Å². The van der Waals surface area contributed by atoms with Gasteiger partial charge in [0.1, 0.15) is 11.2 Å². The normalized spacial score (nSPS) is 13.5. The molecule has 5 heterocycles. The van der Waals surface area contributed by atoms with E-state index in [2.05, 4.69) is 396 Å². The highest BCUT2D eigenvalue weighted by atomic mass is 16.3. The first-order valence-corrected chi connectivity index (χ1v) is 42.0. The van der Waals surface area contributed by atoms with E-state index in [1.165, 1.54) is 11.1 Å². The Morgan fingerprint density at radius 2 is 0.631 bits per heavy atom. The van der Waals surface area contributed by atoms with E-state index >= 15 is 0 Å². The molecule has 0 aliphatic carbocycles. The summed E-state index contributed by atoms with van der Waals surface area (Å²) in [6.45, 7) is 12.9. The van der Waals surface area contributed by atoms with Gasteiger partial charge >= 0.3 is 0 Å². The number of hydrogen-bond acceptors (Lipinski definition) is 3. The lowest BCUT2D eigenvalue weighted by Crippen LogP contribution is -2.61. The van der Waals surface area contributed by atoms with Crippen molar-refractivity contribution in [3.8, 4) is 100 Å². The Bertz CT molecular complexity index is 8070. The summed E-state index contributed by atoms with van der Waals surface area (Å²) >= 11 is 0. The standard InChI is InChI=1S/C116H85BN4O/c1-115(2,3)86-55-48-74(49-56-86)83-66-94(76-30-12-7-13-31-76)113(95(67-83)77-32-14-8-15-33-77)120-106-70-82(80-53-62-105-98(64-80)92-42-24-28-46-104(92)118(105)88-38-20-11-21-39-88)52-60-100(106)117-101-61-59-89(119-102-44-26-22-40-90(102)91-41-23-27-45-103(91)119)73-107(101)121(109-72-85(71-108(120)112(109)117)81-54-63-111-99(65-81)93-43-25-29-47-110(93)122-111)114-96(78-34-16-9-17-35-78)68-84(69-97(114)79-36-18-10-19-37-79)75-50-57-87(58-51-75)116(4,5)6/h7-73H,1-6H3/i22D,23D,26D,27D,40D,41D,44D,45D. The molecule has 18 aromatic carbocycles. The molecule has 0 amide bonds. The van der Waals surface area contributed by atoms with E-state index in [9.17, 15) is 11.0 Å². The Labute approximate surface area is 722 Å². The van der Waals surface area contributed by atoms with Crippen LogP contribution in [0, 0.1) is 0 Å². The van der Waals surface area contributed by atoms with E-state index in [0.29, 0.717) is 11.4 Å². The van der Waals surface area contributed by atoms with Crippen LogP contribution in [0.25, 0.3) is 166 Å². The fraction of sp³-hybridized carbons (Fsp3) is 0.0690. The Hall–Kier alpha value is -15.0. The van der Waals surface area contributed by atoms with Crippen molar-refractivity contribution in [2.75, 3.05) is 9.80 Å². The van der Waals surface area contributed by atoms with Crippen LogP contribution >= 0.6 is 0 Å². The average molecular weight is 1570 g/mol. The zero-order chi connectivity index (χ0) is 88.6. The van der Waals surface area contributed by atoms with Crippen LogP contribution in [-0.2, 0) is 10.8 Å². The van der Waals surface area contributed by atoms with Crippen LogP contribution in [0.5, 0.6) is 0 Å². The maximum Gasteiger partial charge on any atom is 0.252 e. The predicted octanol–water partition coefficient (Wildman–Crippen LogP) is 29.8. The fourth-order valence-electron chi connectivity index (χ4n) is 19.3. The van der Waals surface area contributed by atoms with Gasteiger partial charge in [0.25, 0.3) is 6.71 Å². The predicted molar refractivity (Wildman–Crippen MR) is 517 cm³/mol. The van der Waals surface area contributed by atoms with Gasteiger partial charge in [0.05, 0.1) is 44.4 Å². The lowest BCUT2D eigenvalue weighted by Gasteiger charge is -2.46. The minimum Gasteiger partial charge on any atom is -0.456 e. The average Bonchev–Trinajstić information content (AvgIpc) is 1.23. The van der Waals surface area contributed by atoms with Gasteiger partial charge in [-0.2, -0.15) is 0 Å². The quantitative estimate of drug-likeness (QED) is 0.114. The molecule has 0 fully saturated rings. The molecule has 0 saturated heterocycles. The minimum absolute atomic E-state index is 0.0113. The highest BCUT2D eigenvalue weighted by Gasteiger charge is 2.46. The molecule has 0 saturated carbocycles. The van der Waals surface area contributed by atoms with E-state index in [1.54, 1.807) is 4.57 Å². The van der Waals surface area contributed by atoms with E-state index in [-0.39, 0.29) is 44.7 Å². The van der Waals surface area contributed by atoms with Crippen LogP contribution in [0.3, 0.4) is 0 Å². The molecule has 2 aliphatic rings. The van der Waals surface area contributed by atoms with Crippen molar-refractivity contribution >= 4 is 123 Å². The van der Waals surface area contributed by atoms with E-state index in [4.69, 9.17) is 4.42 Å². The van der Waals surface area contributed by atoms with Crippen LogP contribution in [0.1, 0.15) is 63.6 Å². The zero-order valence-electron chi connectivity index (χ0n) is 76.3. The lowest BCUT2D eigenvalue weighted by molar-refractivity contribution is 0.590. The second-order valence-corrected chi connectivity index (χ2v) is 34.5. The van der Waals surface area contributed by atoms with Gasteiger partial charge in [-0.3, -0.25) is 0 Å². The summed E-state index contributed by atoms with van der Waals surface area (Å²) in [5, 5.41) is 4.15. The highest BCUT2D eigenvalue weighted by Crippen LogP contribution is 2.57. The first-order chi connectivity index (χ1) is 63.1. The molecule has 578 valence electrons. The largest absolute Gasteiger partial charge is 0.456 e. The summed E-state index contributed by atoms with van der Waals surface area (Å²) < 4.78 is 87.8. The first kappa shape index (κ1) is 64.1. The SMILES string of the molecule is [2H]c1c([2H])c([2H])c2c(c1[2H])c1c([2H])c([2H])c([2H])c([2H])c1n2-c1ccc2c(c1)N(c1c(-c3ccccc3)cc(-c3ccc(C(C)(C)C)cc3)cc1-c1ccccc1)c1cc(-c3ccc4oc5ccccc5c4c3)cc3c1B2c1ccc(-c2ccc4c(c2)c2ccccc2n4-c2ccccc2)cc1N3c1c(-c2ccccc2)cc(-c2ccc(C(C)(C)C)cc2)cc1-c1ccccc1. The Kier molecular flexibility index (Phi) is 14.9. The third-order valence-electron chi connectivity index (χ3n) is 25.3. The van der Waals surface area contributed by atoms with Crippen molar-refractivity contribution in [2.24, 2.45) is 0 Å². The molecule has 23 rings (SSSR count). The van der Waals surface area contributed by atoms with Crippen molar-refractivity contribution in [2.45, 2.75) is 52.4 Å². The number of hydrogen-bond donors (Lipinski definition) is 0. The van der Waals surface area contributed by atoms with Crippen LogP contribution in [0.15, 0.2) is 411 Å². The molecule has 6 heteroatoms. The minimum atomic E-state index is -0.596. The molecule has 0 N–H and O–H groups in total. The van der Waals surface area contributed by atoms with Crippen LogP contribution in [0.2, 0.25) is 0 Å². The van der Waals surface area contributed by atoms with Crippen LogP contribution in [-0.4, -0.2) is 15.8 Å². The fourth-order valence-corrected chi connectivity index (χ4v) is 19.3. The third kappa shape index (κ3) is 11.9. The highest BCUT2D eigenvalue weighted by molar-refractivity contribution is 7.00. The molecule has 2 aliphatic heterocycles. The molecule has 5 nitrogen and oxygen atoms in total. The molecule has 0 spiro atoms. The number of para-hydroxylation sites is 5. The monoisotopic (exact) mass is 1570 g/mol. The molecule has 0 atom stereocenters. The number of nitrogens with zero attached hydrogens (tertiary/aromatic N) is 4. The maximum absolute atomic E-state index is 10.1. The van der Waals surface area contributed by atoms with Gasteiger partial charge in [-0.05, 0) is 220 Å². The van der Waals surface area contributed by atoms with Crippen molar-refractivity contribution in [3.63, 3.8) is 0 Å². The molecule has 0 bridgehead atoms. The Morgan fingerprint density at radius 3 is 1.16 bits per heavy atom. The molecule has 3 aromatic heterocycles. The number of furan rings is 1. The summed E-state index contributed by atoms with van der Waals surface area (Å²) in [4.78, 5) is 5.05. The first-order valence-electron chi connectivity index (χ1n) is 46.0. The summed E-state index contributed by atoms with van der Waals surface area (Å²) in [6.07, 6.45) is 0. The number of rotatable bonds is 12. The number of benzene rings is 18.